The molecule has 0 atom stereocenters. The van der Waals surface area contributed by atoms with Crippen LogP contribution in [0.5, 0.6) is 5.75 Å². The Labute approximate surface area is 131 Å². The SMILES string of the molecule is COc1ccc(-c2c[nH]c3c(Cl)cc(Cl)cc3c2=O)cc1. The molecule has 1 heterocycles. The molecule has 1 N–H and O–H groups in total. The van der Waals surface area contributed by atoms with E-state index in [1.807, 2.05) is 24.3 Å². The van der Waals surface area contributed by atoms with Crippen molar-refractivity contribution in [3.63, 3.8) is 0 Å². The van der Waals surface area contributed by atoms with Gasteiger partial charge in [-0.25, -0.2) is 0 Å². The van der Waals surface area contributed by atoms with Crippen LogP contribution in [0, 0.1) is 0 Å². The molecule has 106 valence electrons. The number of halogens is 2. The molecule has 5 heteroatoms. The van der Waals surface area contributed by atoms with Crippen LogP contribution in [-0.2, 0) is 0 Å². The number of H-pyrrole nitrogens is 1. The molecule has 0 spiro atoms. The van der Waals surface area contributed by atoms with Crippen LogP contribution in [-0.4, -0.2) is 12.1 Å². The van der Waals surface area contributed by atoms with Gasteiger partial charge < -0.3 is 9.72 Å². The van der Waals surface area contributed by atoms with Gasteiger partial charge in [-0.2, -0.15) is 0 Å². The van der Waals surface area contributed by atoms with Gasteiger partial charge in [0.25, 0.3) is 0 Å². The van der Waals surface area contributed by atoms with E-state index in [4.69, 9.17) is 27.9 Å². The maximum atomic E-state index is 12.6. The molecule has 0 aliphatic rings. The van der Waals surface area contributed by atoms with E-state index in [0.29, 0.717) is 26.5 Å². The summed E-state index contributed by atoms with van der Waals surface area (Å²) >= 11 is 12.1. The highest BCUT2D eigenvalue weighted by Crippen LogP contribution is 2.27. The lowest BCUT2D eigenvalue weighted by molar-refractivity contribution is 0.415. The van der Waals surface area contributed by atoms with Crippen LogP contribution in [0.4, 0.5) is 0 Å². The average molecular weight is 320 g/mol. The molecular formula is C16H11Cl2NO2. The number of hydrogen-bond donors (Lipinski definition) is 1. The fraction of sp³-hybridized carbons (Fsp3) is 0.0625. The van der Waals surface area contributed by atoms with Crippen LogP contribution in [0.25, 0.3) is 22.0 Å². The minimum absolute atomic E-state index is 0.113. The van der Waals surface area contributed by atoms with E-state index in [0.717, 1.165) is 11.3 Å². The van der Waals surface area contributed by atoms with Gasteiger partial charge in [0, 0.05) is 22.2 Å². The molecule has 0 radical (unpaired) electrons. The summed E-state index contributed by atoms with van der Waals surface area (Å²) in [6.07, 6.45) is 1.66. The molecule has 0 aliphatic carbocycles. The number of aromatic nitrogens is 1. The number of ether oxygens (including phenoxy) is 1. The summed E-state index contributed by atoms with van der Waals surface area (Å²) in [6, 6.07) is 10.5. The van der Waals surface area contributed by atoms with Gasteiger partial charge in [0.05, 0.1) is 17.6 Å². The van der Waals surface area contributed by atoms with Crippen molar-refractivity contribution in [1.82, 2.24) is 4.98 Å². The predicted molar refractivity (Wildman–Crippen MR) is 86.6 cm³/mol. The molecule has 1 aromatic heterocycles. The van der Waals surface area contributed by atoms with Gasteiger partial charge in [-0.1, -0.05) is 35.3 Å². The summed E-state index contributed by atoms with van der Waals surface area (Å²) < 4.78 is 5.12. The lowest BCUT2D eigenvalue weighted by Crippen LogP contribution is -2.06. The van der Waals surface area contributed by atoms with Crippen molar-refractivity contribution in [2.24, 2.45) is 0 Å². The number of aromatic amines is 1. The van der Waals surface area contributed by atoms with Crippen molar-refractivity contribution < 1.29 is 4.74 Å². The second-order valence-corrected chi connectivity index (χ2v) is 5.41. The zero-order chi connectivity index (χ0) is 15.0. The average Bonchev–Trinajstić information content (AvgIpc) is 2.48. The molecule has 0 unspecified atom stereocenters. The van der Waals surface area contributed by atoms with E-state index in [-0.39, 0.29) is 5.43 Å². The molecular weight excluding hydrogens is 309 g/mol. The number of nitrogens with one attached hydrogen (secondary N) is 1. The molecule has 0 aliphatic heterocycles. The summed E-state index contributed by atoms with van der Waals surface area (Å²) in [6.45, 7) is 0. The number of rotatable bonds is 2. The summed E-state index contributed by atoms with van der Waals surface area (Å²) in [5.74, 6) is 0.738. The van der Waals surface area contributed by atoms with E-state index in [9.17, 15) is 4.79 Å². The first-order valence-corrected chi connectivity index (χ1v) is 7.00. The molecule has 0 fully saturated rings. The molecule has 0 amide bonds. The van der Waals surface area contributed by atoms with Crippen LogP contribution in [0.15, 0.2) is 47.4 Å². The topological polar surface area (TPSA) is 42.1 Å². The summed E-state index contributed by atoms with van der Waals surface area (Å²) in [5, 5.41) is 1.33. The van der Waals surface area contributed by atoms with Crippen molar-refractivity contribution in [1.29, 1.82) is 0 Å². The fourth-order valence-corrected chi connectivity index (χ4v) is 2.79. The smallest absolute Gasteiger partial charge is 0.197 e. The Hall–Kier alpha value is -1.97. The van der Waals surface area contributed by atoms with Gasteiger partial charge in [0.1, 0.15) is 5.75 Å². The van der Waals surface area contributed by atoms with E-state index in [2.05, 4.69) is 4.98 Å². The summed E-state index contributed by atoms with van der Waals surface area (Å²) in [4.78, 5) is 15.7. The molecule has 0 saturated heterocycles. The third-order valence-corrected chi connectivity index (χ3v) is 3.82. The van der Waals surface area contributed by atoms with Crippen LogP contribution in [0.1, 0.15) is 0 Å². The van der Waals surface area contributed by atoms with Crippen molar-refractivity contribution in [3.05, 3.63) is 62.9 Å². The molecule has 3 nitrogen and oxygen atoms in total. The predicted octanol–water partition coefficient (Wildman–Crippen LogP) is 4.51. The molecule has 0 bridgehead atoms. The van der Waals surface area contributed by atoms with Crippen LogP contribution in [0.3, 0.4) is 0 Å². The van der Waals surface area contributed by atoms with Crippen LogP contribution < -0.4 is 10.2 Å². The van der Waals surface area contributed by atoms with Gasteiger partial charge >= 0.3 is 0 Å². The second kappa shape index (κ2) is 5.43. The first-order valence-electron chi connectivity index (χ1n) is 6.25. The normalized spacial score (nSPS) is 10.8. The standard InChI is InChI=1S/C16H11Cl2NO2/c1-21-11-4-2-9(3-5-11)13-8-19-15-12(16(13)20)6-10(17)7-14(15)18/h2-8H,1H3,(H,19,20). The Morgan fingerprint density at radius 3 is 2.48 bits per heavy atom. The second-order valence-electron chi connectivity index (χ2n) is 4.57. The number of methoxy groups -OCH3 is 1. The zero-order valence-corrected chi connectivity index (χ0v) is 12.6. The minimum atomic E-state index is -0.113. The number of pyridine rings is 1. The first kappa shape index (κ1) is 14.0. The van der Waals surface area contributed by atoms with E-state index < -0.39 is 0 Å². The molecule has 0 saturated carbocycles. The lowest BCUT2D eigenvalue weighted by Gasteiger charge is -2.06. The fourth-order valence-electron chi connectivity index (χ4n) is 2.24. The molecule has 3 rings (SSSR count). The van der Waals surface area contributed by atoms with Gasteiger partial charge in [0.15, 0.2) is 5.43 Å². The van der Waals surface area contributed by atoms with Gasteiger partial charge in [-0.15, -0.1) is 0 Å². The van der Waals surface area contributed by atoms with Crippen LogP contribution in [0.2, 0.25) is 10.0 Å². The number of benzene rings is 2. The summed E-state index contributed by atoms with van der Waals surface area (Å²) in [7, 11) is 1.60. The van der Waals surface area contributed by atoms with Gasteiger partial charge in [0.2, 0.25) is 0 Å². The maximum absolute atomic E-state index is 12.6. The Morgan fingerprint density at radius 1 is 1.10 bits per heavy atom. The van der Waals surface area contributed by atoms with Crippen molar-refractivity contribution in [3.8, 4) is 16.9 Å². The van der Waals surface area contributed by atoms with Crippen molar-refractivity contribution in [2.45, 2.75) is 0 Å². The minimum Gasteiger partial charge on any atom is -0.497 e. The third-order valence-electron chi connectivity index (χ3n) is 3.31. The molecule has 3 aromatic rings. The van der Waals surface area contributed by atoms with E-state index >= 15 is 0 Å². The Bertz CT molecular complexity index is 870. The Kier molecular flexibility index (Phi) is 3.62. The van der Waals surface area contributed by atoms with Gasteiger partial charge in [-0.3, -0.25) is 4.79 Å². The monoisotopic (exact) mass is 319 g/mol. The highest BCUT2D eigenvalue weighted by molar-refractivity contribution is 6.38. The quantitative estimate of drug-likeness (QED) is 0.755. The largest absolute Gasteiger partial charge is 0.497 e. The zero-order valence-electron chi connectivity index (χ0n) is 11.1. The third kappa shape index (κ3) is 2.50. The first-order chi connectivity index (χ1) is 10.1. The van der Waals surface area contributed by atoms with E-state index in [1.165, 1.54) is 0 Å². The summed E-state index contributed by atoms with van der Waals surface area (Å²) in [5.41, 5.74) is 1.83. The molecule has 2 aromatic carbocycles. The maximum Gasteiger partial charge on any atom is 0.197 e. The van der Waals surface area contributed by atoms with Crippen molar-refractivity contribution >= 4 is 34.1 Å². The highest BCUT2D eigenvalue weighted by atomic mass is 35.5. The Morgan fingerprint density at radius 2 is 1.81 bits per heavy atom. The Balaban J connectivity index is 2.24. The van der Waals surface area contributed by atoms with Gasteiger partial charge in [-0.05, 0) is 29.8 Å². The highest BCUT2D eigenvalue weighted by Gasteiger charge is 2.10. The lowest BCUT2D eigenvalue weighted by atomic mass is 10.0. The number of fused-ring (bicyclic) bond motifs is 1. The van der Waals surface area contributed by atoms with E-state index in [1.54, 1.807) is 25.4 Å². The van der Waals surface area contributed by atoms with Crippen molar-refractivity contribution in [2.75, 3.05) is 7.11 Å². The van der Waals surface area contributed by atoms with Crippen LogP contribution >= 0.6 is 23.2 Å². The molecule has 21 heavy (non-hydrogen) atoms. The number of hydrogen-bond acceptors (Lipinski definition) is 2.